The first kappa shape index (κ1) is 16.4. The van der Waals surface area contributed by atoms with Crippen LogP contribution in [-0.4, -0.2) is 36.7 Å². The van der Waals surface area contributed by atoms with Gasteiger partial charge in [-0.25, -0.2) is 4.39 Å². The van der Waals surface area contributed by atoms with Gasteiger partial charge < -0.3 is 5.11 Å². The number of thioether (sulfide) groups is 1. The van der Waals surface area contributed by atoms with Gasteiger partial charge >= 0.3 is 0 Å². The molecule has 0 aliphatic heterocycles. The van der Waals surface area contributed by atoms with E-state index in [1.165, 1.54) is 12.1 Å². The number of halogens is 1. The summed E-state index contributed by atoms with van der Waals surface area (Å²) in [6.07, 6.45) is 1.50. The van der Waals surface area contributed by atoms with Gasteiger partial charge in [-0.1, -0.05) is 0 Å². The molecule has 0 heterocycles. The van der Waals surface area contributed by atoms with E-state index in [0.717, 1.165) is 17.1 Å². The normalized spacial score (nSPS) is 10.6. The second-order valence-corrected chi connectivity index (χ2v) is 5.75. The second-order valence-electron chi connectivity index (χ2n) is 3.11. The molecule has 0 bridgehead atoms. The molecule has 98 valence electrons. The predicted molar refractivity (Wildman–Crippen MR) is 66.3 cm³/mol. The fourth-order valence-electron chi connectivity index (χ4n) is 0.785. The molecule has 0 amide bonds. The highest BCUT2D eigenvalue weighted by Crippen LogP contribution is 2.18. The summed E-state index contributed by atoms with van der Waals surface area (Å²) in [5.74, 6) is 0.670. The van der Waals surface area contributed by atoms with Crippen LogP contribution < -0.4 is 0 Å². The zero-order valence-corrected chi connectivity index (χ0v) is 11.0. The van der Waals surface area contributed by atoms with E-state index in [9.17, 15) is 12.8 Å². The van der Waals surface area contributed by atoms with E-state index < -0.39 is 10.1 Å². The summed E-state index contributed by atoms with van der Waals surface area (Å²) in [6.45, 7) is 0.216. The molecule has 4 nitrogen and oxygen atoms in total. The lowest BCUT2D eigenvalue weighted by Crippen LogP contribution is -1.88. The number of hydrogen-bond acceptors (Lipinski definition) is 4. The third-order valence-corrected chi connectivity index (χ3v) is 2.48. The molecule has 0 aromatic heterocycles. The average Bonchev–Trinajstić information content (AvgIpc) is 2.19. The SMILES string of the molecule is CS(=O)(=O)O.OCCCSc1ccc(F)cc1. The Balaban J connectivity index is 0.000000437. The number of rotatable bonds is 4. The molecular formula is C10H15FO4S2. The summed E-state index contributed by atoms with van der Waals surface area (Å²) >= 11 is 1.63. The highest BCUT2D eigenvalue weighted by molar-refractivity contribution is 7.99. The van der Waals surface area contributed by atoms with Crippen molar-refractivity contribution >= 4 is 21.9 Å². The van der Waals surface area contributed by atoms with Crippen molar-refractivity contribution in [1.29, 1.82) is 0 Å². The Bertz CT molecular complexity index is 395. The van der Waals surface area contributed by atoms with E-state index in [-0.39, 0.29) is 12.4 Å². The fourth-order valence-corrected chi connectivity index (χ4v) is 1.62. The van der Waals surface area contributed by atoms with Gasteiger partial charge in [-0.3, -0.25) is 4.55 Å². The van der Waals surface area contributed by atoms with Gasteiger partial charge in [-0.2, -0.15) is 8.42 Å². The van der Waals surface area contributed by atoms with Crippen molar-refractivity contribution in [3.8, 4) is 0 Å². The van der Waals surface area contributed by atoms with Gasteiger partial charge in [0.1, 0.15) is 5.82 Å². The first-order valence-corrected chi connectivity index (χ1v) is 7.58. The third kappa shape index (κ3) is 13.3. The Morgan fingerprint density at radius 3 is 2.18 bits per heavy atom. The van der Waals surface area contributed by atoms with E-state index >= 15 is 0 Å². The average molecular weight is 282 g/mol. The standard InChI is InChI=1S/C9H11FOS.CH4O3S/c10-8-2-4-9(5-3-8)12-7-1-6-11;1-5(2,3)4/h2-5,11H,1,6-7H2;1H3,(H,2,3,4). The maximum atomic E-state index is 12.4. The van der Waals surface area contributed by atoms with Crippen LogP contribution in [0.4, 0.5) is 4.39 Å². The van der Waals surface area contributed by atoms with Crippen LogP contribution in [0.2, 0.25) is 0 Å². The molecule has 2 N–H and O–H groups in total. The van der Waals surface area contributed by atoms with Crippen LogP contribution in [0.3, 0.4) is 0 Å². The molecule has 0 saturated carbocycles. The molecule has 17 heavy (non-hydrogen) atoms. The summed E-state index contributed by atoms with van der Waals surface area (Å²) in [6, 6.07) is 6.39. The summed E-state index contributed by atoms with van der Waals surface area (Å²) < 4.78 is 38.3. The van der Waals surface area contributed by atoms with Crippen LogP contribution in [0, 0.1) is 5.82 Å². The zero-order valence-electron chi connectivity index (χ0n) is 9.34. The van der Waals surface area contributed by atoms with Crippen LogP contribution in [0.15, 0.2) is 29.2 Å². The Morgan fingerprint density at radius 2 is 1.76 bits per heavy atom. The molecule has 0 spiro atoms. The summed E-state index contributed by atoms with van der Waals surface area (Å²) in [5.41, 5.74) is 0. The quantitative estimate of drug-likeness (QED) is 0.500. The first-order chi connectivity index (χ1) is 7.83. The van der Waals surface area contributed by atoms with Gasteiger partial charge in [0.15, 0.2) is 0 Å². The smallest absolute Gasteiger partial charge is 0.261 e. The Labute approximate surface area is 105 Å². The molecule has 7 heteroatoms. The largest absolute Gasteiger partial charge is 0.396 e. The van der Waals surface area contributed by atoms with E-state index in [0.29, 0.717) is 6.26 Å². The van der Waals surface area contributed by atoms with Crippen LogP contribution in [-0.2, 0) is 10.1 Å². The van der Waals surface area contributed by atoms with E-state index in [4.69, 9.17) is 9.66 Å². The molecule has 0 aliphatic carbocycles. The minimum atomic E-state index is -3.67. The molecule has 0 radical (unpaired) electrons. The van der Waals surface area contributed by atoms with Crippen molar-refractivity contribution in [3.05, 3.63) is 30.1 Å². The predicted octanol–water partition coefficient (Wildman–Crippen LogP) is 1.80. The Hall–Kier alpha value is -0.630. The van der Waals surface area contributed by atoms with Gasteiger partial charge in [-0.05, 0) is 30.7 Å². The molecule has 0 unspecified atom stereocenters. The Morgan fingerprint density at radius 1 is 1.29 bits per heavy atom. The molecule has 0 saturated heterocycles. The minimum Gasteiger partial charge on any atom is -0.396 e. The van der Waals surface area contributed by atoms with Gasteiger partial charge in [0, 0.05) is 17.3 Å². The van der Waals surface area contributed by atoms with E-state index in [1.54, 1.807) is 23.9 Å². The number of aliphatic hydroxyl groups excluding tert-OH is 1. The lowest BCUT2D eigenvalue weighted by atomic mass is 10.4. The zero-order chi connectivity index (χ0) is 13.3. The second kappa shape index (κ2) is 8.46. The van der Waals surface area contributed by atoms with Gasteiger partial charge in [0.05, 0.1) is 6.26 Å². The van der Waals surface area contributed by atoms with E-state index in [2.05, 4.69) is 0 Å². The lowest BCUT2D eigenvalue weighted by Gasteiger charge is -1.98. The molecule has 1 rings (SSSR count). The van der Waals surface area contributed by atoms with Crippen LogP contribution in [0.1, 0.15) is 6.42 Å². The topological polar surface area (TPSA) is 74.6 Å². The van der Waals surface area contributed by atoms with E-state index in [1.807, 2.05) is 0 Å². The van der Waals surface area contributed by atoms with Gasteiger partial charge in [-0.15, -0.1) is 11.8 Å². The van der Waals surface area contributed by atoms with Crippen molar-refractivity contribution in [1.82, 2.24) is 0 Å². The summed E-state index contributed by atoms with van der Waals surface area (Å²) in [4.78, 5) is 1.05. The Kier molecular flexibility index (Phi) is 8.15. The maximum absolute atomic E-state index is 12.4. The molecule has 1 aromatic rings. The number of benzene rings is 1. The third-order valence-electron chi connectivity index (χ3n) is 1.38. The molecule has 0 aliphatic rings. The van der Waals surface area contributed by atoms with Gasteiger partial charge in [0.25, 0.3) is 10.1 Å². The highest BCUT2D eigenvalue weighted by atomic mass is 32.2. The minimum absolute atomic E-state index is 0.207. The first-order valence-electron chi connectivity index (χ1n) is 4.74. The number of aliphatic hydroxyl groups is 1. The highest BCUT2D eigenvalue weighted by Gasteiger charge is 1.93. The van der Waals surface area contributed by atoms with Crippen LogP contribution >= 0.6 is 11.8 Å². The van der Waals surface area contributed by atoms with Crippen LogP contribution in [0.5, 0.6) is 0 Å². The van der Waals surface area contributed by atoms with Crippen molar-refractivity contribution < 1.29 is 22.5 Å². The monoisotopic (exact) mass is 282 g/mol. The molecular weight excluding hydrogens is 267 g/mol. The molecule has 1 aromatic carbocycles. The van der Waals surface area contributed by atoms with Crippen molar-refractivity contribution in [3.63, 3.8) is 0 Å². The molecule has 0 atom stereocenters. The van der Waals surface area contributed by atoms with Gasteiger partial charge in [0.2, 0.25) is 0 Å². The molecule has 0 fully saturated rings. The van der Waals surface area contributed by atoms with Crippen molar-refractivity contribution in [2.24, 2.45) is 0 Å². The maximum Gasteiger partial charge on any atom is 0.261 e. The fraction of sp³-hybridized carbons (Fsp3) is 0.400. The van der Waals surface area contributed by atoms with Crippen molar-refractivity contribution in [2.45, 2.75) is 11.3 Å². The lowest BCUT2D eigenvalue weighted by molar-refractivity contribution is 0.296. The van der Waals surface area contributed by atoms with Crippen LogP contribution in [0.25, 0.3) is 0 Å². The summed E-state index contributed by atoms with van der Waals surface area (Å²) in [7, 11) is -3.67. The van der Waals surface area contributed by atoms with Crippen molar-refractivity contribution in [2.75, 3.05) is 18.6 Å². The summed E-state index contributed by atoms with van der Waals surface area (Å²) in [5, 5.41) is 8.52. The number of hydrogen-bond donors (Lipinski definition) is 2.